The number of rotatable bonds is 6. The van der Waals surface area contributed by atoms with Crippen molar-refractivity contribution in [2.75, 3.05) is 33.3 Å². The van der Waals surface area contributed by atoms with E-state index in [1.807, 2.05) is 18.2 Å². The molecule has 0 radical (unpaired) electrons. The molecule has 2 fully saturated rings. The first-order valence-corrected chi connectivity index (χ1v) is 12.5. The van der Waals surface area contributed by atoms with Crippen molar-refractivity contribution in [3.63, 3.8) is 0 Å². The highest BCUT2D eigenvalue weighted by Gasteiger charge is 2.46. The van der Waals surface area contributed by atoms with Crippen LogP contribution in [0.15, 0.2) is 53.4 Å². The third kappa shape index (κ3) is 4.74. The molecule has 4 rings (SSSR count). The Morgan fingerprint density at radius 2 is 1.76 bits per heavy atom. The number of sulfonamides is 1. The minimum absolute atomic E-state index is 0.0125. The minimum atomic E-state index is -4.15. The molecule has 0 bridgehead atoms. The van der Waals surface area contributed by atoms with Gasteiger partial charge in [0.05, 0.1) is 12.0 Å². The van der Waals surface area contributed by atoms with E-state index in [1.165, 1.54) is 24.8 Å². The van der Waals surface area contributed by atoms with Crippen LogP contribution in [0, 0.1) is 6.92 Å². The van der Waals surface area contributed by atoms with Gasteiger partial charge in [-0.15, -0.1) is 0 Å². The van der Waals surface area contributed by atoms with Crippen molar-refractivity contribution in [2.24, 2.45) is 0 Å². The Balaban J connectivity index is 1.46. The lowest BCUT2D eigenvalue weighted by Gasteiger charge is -2.37. The van der Waals surface area contributed by atoms with Crippen molar-refractivity contribution in [1.29, 1.82) is 0 Å². The van der Waals surface area contributed by atoms with Gasteiger partial charge >= 0.3 is 0 Å². The highest BCUT2D eigenvalue weighted by atomic mass is 32.2. The Morgan fingerprint density at radius 3 is 2.39 bits per heavy atom. The third-order valence-corrected chi connectivity index (χ3v) is 8.13. The molecular weight excluding hydrogens is 442 g/mol. The topological polar surface area (TPSA) is 87.2 Å². The first-order chi connectivity index (χ1) is 15.8. The van der Waals surface area contributed by atoms with E-state index in [0.29, 0.717) is 37.5 Å². The number of carbonyl (C=O) groups is 2. The fourth-order valence-corrected chi connectivity index (χ4v) is 6.17. The molecule has 8 nitrogen and oxygen atoms in total. The quantitative estimate of drug-likeness (QED) is 0.641. The summed E-state index contributed by atoms with van der Waals surface area (Å²) >= 11 is 0. The lowest BCUT2D eigenvalue weighted by atomic mass is 10.1. The maximum atomic E-state index is 13.3. The number of piperazine rings is 1. The Bertz CT molecular complexity index is 1130. The van der Waals surface area contributed by atoms with Gasteiger partial charge in [-0.1, -0.05) is 30.3 Å². The Labute approximate surface area is 194 Å². The summed E-state index contributed by atoms with van der Waals surface area (Å²) in [4.78, 5) is 29.8. The van der Waals surface area contributed by atoms with E-state index in [9.17, 15) is 18.0 Å². The summed E-state index contributed by atoms with van der Waals surface area (Å²) in [6, 6.07) is 13.6. The molecule has 9 heteroatoms. The lowest BCUT2D eigenvalue weighted by Crippen LogP contribution is -2.54. The molecule has 0 unspecified atom stereocenters. The first-order valence-electron chi connectivity index (χ1n) is 11.1. The SMILES string of the molecule is COc1ccc(S(=O)(=O)N2C(=O)CC[C@@H]2C(=O)N2CCN(Cc3ccccc3)CC2)cc1C. The molecule has 0 aromatic heterocycles. The summed E-state index contributed by atoms with van der Waals surface area (Å²) in [5.41, 5.74) is 1.85. The van der Waals surface area contributed by atoms with Crippen molar-refractivity contribution in [3.8, 4) is 5.75 Å². The molecule has 0 saturated carbocycles. The second kappa shape index (κ2) is 9.52. The van der Waals surface area contributed by atoms with Crippen molar-refractivity contribution >= 4 is 21.8 Å². The van der Waals surface area contributed by atoms with E-state index >= 15 is 0 Å². The van der Waals surface area contributed by atoms with Crippen LogP contribution in [0.4, 0.5) is 0 Å². The standard InChI is InChI=1S/C24H29N3O5S/c1-18-16-20(8-10-22(18)32-2)33(30,31)27-21(9-11-23(27)28)24(29)26-14-12-25(13-15-26)17-19-6-4-3-5-7-19/h3-8,10,16,21H,9,11-15,17H2,1-2H3/t21-/m1/s1. The Morgan fingerprint density at radius 1 is 1.06 bits per heavy atom. The van der Waals surface area contributed by atoms with E-state index in [2.05, 4.69) is 17.0 Å². The zero-order chi connectivity index (χ0) is 23.6. The molecule has 2 aromatic rings. The molecule has 2 aliphatic heterocycles. The van der Waals surface area contributed by atoms with Gasteiger partial charge in [0.2, 0.25) is 11.8 Å². The normalized spacial score (nSPS) is 19.7. The molecule has 0 spiro atoms. The predicted octanol–water partition coefficient (Wildman–Crippen LogP) is 2.03. The molecule has 2 heterocycles. The van der Waals surface area contributed by atoms with Crippen molar-refractivity contribution in [1.82, 2.24) is 14.1 Å². The van der Waals surface area contributed by atoms with Crippen LogP contribution in [0.25, 0.3) is 0 Å². The summed E-state index contributed by atoms with van der Waals surface area (Å²) < 4.78 is 32.7. The van der Waals surface area contributed by atoms with E-state index in [1.54, 1.807) is 17.9 Å². The van der Waals surface area contributed by atoms with Crippen LogP contribution < -0.4 is 4.74 Å². The van der Waals surface area contributed by atoms with Gasteiger partial charge in [0, 0.05) is 39.1 Å². The Kier molecular flexibility index (Phi) is 6.71. The second-order valence-corrected chi connectivity index (χ2v) is 10.3. The van der Waals surface area contributed by atoms with Crippen LogP contribution in [0.3, 0.4) is 0 Å². The van der Waals surface area contributed by atoms with Crippen LogP contribution in [0.2, 0.25) is 0 Å². The predicted molar refractivity (Wildman–Crippen MR) is 123 cm³/mol. The second-order valence-electron chi connectivity index (χ2n) is 8.47. The number of ether oxygens (including phenoxy) is 1. The van der Waals surface area contributed by atoms with Crippen molar-refractivity contribution in [2.45, 2.75) is 37.2 Å². The van der Waals surface area contributed by atoms with Gasteiger partial charge < -0.3 is 9.64 Å². The van der Waals surface area contributed by atoms with Crippen LogP contribution in [-0.4, -0.2) is 73.7 Å². The summed E-state index contributed by atoms with van der Waals surface area (Å²) in [6.45, 7) is 4.96. The third-order valence-electron chi connectivity index (χ3n) is 6.30. The van der Waals surface area contributed by atoms with E-state index in [0.717, 1.165) is 10.8 Å². The maximum absolute atomic E-state index is 13.3. The maximum Gasteiger partial charge on any atom is 0.267 e. The number of hydrogen-bond acceptors (Lipinski definition) is 6. The number of benzene rings is 2. The monoisotopic (exact) mass is 471 g/mol. The van der Waals surface area contributed by atoms with Gasteiger partial charge in [0.1, 0.15) is 11.8 Å². The van der Waals surface area contributed by atoms with Crippen LogP contribution >= 0.6 is 0 Å². The van der Waals surface area contributed by atoms with E-state index in [-0.39, 0.29) is 23.6 Å². The van der Waals surface area contributed by atoms with Gasteiger partial charge in [-0.2, -0.15) is 0 Å². The fourth-order valence-electron chi connectivity index (χ4n) is 4.49. The average molecular weight is 472 g/mol. The number of amides is 2. The molecule has 2 amide bonds. The smallest absolute Gasteiger partial charge is 0.267 e. The highest BCUT2D eigenvalue weighted by molar-refractivity contribution is 7.89. The molecule has 176 valence electrons. The van der Waals surface area contributed by atoms with Gasteiger partial charge in [-0.3, -0.25) is 14.5 Å². The van der Waals surface area contributed by atoms with Gasteiger partial charge in [0.25, 0.3) is 10.0 Å². The first kappa shape index (κ1) is 23.3. The number of nitrogens with zero attached hydrogens (tertiary/aromatic N) is 3. The fraction of sp³-hybridized carbons (Fsp3) is 0.417. The summed E-state index contributed by atoms with van der Waals surface area (Å²) in [5, 5.41) is 0. The number of hydrogen-bond donors (Lipinski definition) is 0. The number of carbonyl (C=O) groups excluding carboxylic acids is 2. The van der Waals surface area contributed by atoms with Gasteiger partial charge in [-0.05, 0) is 42.7 Å². The summed E-state index contributed by atoms with van der Waals surface area (Å²) in [6.07, 6.45) is 0.245. The van der Waals surface area contributed by atoms with Crippen molar-refractivity contribution in [3.05, 3.63) is 59.7 Å². The highest BCUT2D eigenvalue weighted by Crippen LogP contribution is 2.31. The van der Waals surface area contributed by atoms with Crippen LogP contribution in [0.5, 0.6) is 5.75 Å². The summed E-state index contributed by atoms with van der Waals surface area (Å²) in [5.74, 6) is -0.277. The largest absolute Gasteiger partial charge is 0.496 e. The van der Waals surface area contributed by atoms with Crippen LogP contribution in [0.1, 0.15) is 24.0 Å². The van der Waals surface area contributed by atoms with Crippen LogP contribution in [-0.2, 0) is 26.2 Å². The average Bonchev–Trinajstić information content (AvgIpc) is 3.22. The molecule has 33 heavy (non-hydrogen) atoms. The zero-order valence-electron chi connectivity index (χ0n) is 18.9. The molecule has 2 aliphatic rings. The number of methoxy groups -OCH3 is 1. The molecule has 2 aromatic carbocycles. The minimum Gasteiger partial charge on any atom is -0.496 e. The summed E-state index contributed by atoms with van der Waals surface area (Å²) in [7, 11) is -2.64. The number of aryl methyl sites for hydroxylation is 1. The molecule has 1 atom stereocenters. The van der Waals surface area contributed by atoms with Crippen molar-refractivity contribution < 1.29 is 22.7 Å². The lowest BCUT2D eigenvalue weighted by molar-refractivity contribution is -0.139. The zero-order valence-corrected chi connectivity index (χ0v) is 19.8. The van der Waals surface area contributed by atoms with Gasteiger partial charge in [-0.25, -0.2) is 12.7 Å². The van der Waals surface area contributed by atoms with E-state index < -0.39 is 22.0 Å². The molecule has 2 saturated heterocycles. The van der Waals surface area contributed by atoms with E-state index in [4.69, 9.17) is 4.74 Å². The Hall–Kier alpha value is -2.91. The molecule has 0 N–H and O–H groups in total. The molecule has 0 aliphatic carbocycles. The van der Waals surface area contributed by atoms with Gasteiger partial charge in [0.15, 0.2) is 0 Å². The molecular formula is C24H29N3O5S.